The number of pyridine rings is 1. The monoisotopic (exact) mass is 338 g/mol. The van der Waals surface area contributed by atoms with Crippen molar-refractivity contribution in [2.45, 2.75) is 6.54 Å². The number of fused-ring (bicyclic) bond motifs is 1. The van der Waals surface area contributed by atoms with Crippen molar-refractivity contribution in [3.63, 3.8) is 0 Å². The third-order valence-electron chi connectivity index (χ3n) is 4.37. The molecule has 128 valence electrons. The van der Waals surface area contributed by atoms with Crippen LogP contribution in [0.25, 0.3) is 6.08 Å². The molecule has 4 rings (SSSR count). The molecule has 1 N–H and O–H groups in total. The smallest absolute Gasteiger partial charge is 0.232 e. The van der Waals surface area contributed by atoms with Gasteiger partial charge in [-0.25, -0.2) is 0 Å². The van der Waals surface area contributed by atoms with Gasteiger partial charge in [0.25, 0.3) is 0 Å². The predicted molar refractivity (Wildman–Crippen MR) is 91.4 cm³/mol. The highest BCUT2D eigenvalue weighted by Gasteiger charge is 2.32. The number of carbonyl (C=O) groups is 1. The van der Waals surface area contributed by atoms with Crippen LogP contribution in [0.15, 0.2) is 42.3 Å². The Hall–Kier alpha value is -2.70. The zero-order valence-electron chi connectivity index (χ0n) is 13.6. The van der Waals surface area contributed by atoms with Crippen LogP contribution in [0.4, 0.5) is 0 Å². The first-order valence-electron chi connectivity index (χ1n) is 8.22. The van der Waals surface area contributed by atoms with E-state index < -0.39 is 0 Å². The number of morpholine rings is 1. The Morgan fingerprint density at radius 1 is 1.20 bits per heavy atom. The first kappa shape index (κ1) is 15.8. The van der Waals surface area contributed by atoms with E-state index in [4.69, 9.17) is 9.47 Å². The van der Waals surface area contributed by atoms with Gasteiger partial charge in [0.1, 0.15) is 11.5 Å². The molecule has 1 aromatic carbocycles. The Morgan fingerprint density at radius 2 is 2.04 bits per heavy atom. The van der Waals surface area contributed by atoms with Crippen LogP contribution in [0.1, 0.15) is 21.6 Å². The summed E-state index contributed by atoms with van der Waals surface area (Å²) < 4.78 is 11.2. The third kappa shape index (κ3) is 3.14. The van der Waals surface area contributed by atoms with Crippen LogP contribution >= 0.6 is 0 Å². The van der Waals surface area contributed by atoms with E-state index in [1.807, 2.05) is 12.1 Å². The molecule has 0 aliphatic carbocycles. The average Bonchev–Trinajstić information content (AvgIpc) is 2.95. The van der Waals surface area contributed by atoms with E-state index in [1.165, 1.54) is 0 Å². The van der Waals surface area contributed by atoms with Gasteiger partial charge in [-0.05, 0) is 24.3 Å². The highest BCUT2D eigenvalue weighted by Crippen LogP contribution is 2.40. The number of hydrogen-bond acceptors (Lipinski definition) is 6. The lowest BCUT2D eigenvalue weighted by atomic mass is 10.0. The fourth-order valence-corrected chi connectivity index (χ4v) is 3.03. The molecule has 1 saturated heterocycles. The molecule has 0 amide bonds. The first-order valence-corrected chi connectivity index (χ1v) is 8.22. The van der Waals surface area contributed by atoms with E-state index in [9.17, 15) is 9.90 Å². The van der Waals surface area contributed by atoms with Gasteiger partial charge in [-0.1, -0.05) is 6.07 Å². The van der Waals surface area contributed by atoms with E-state index in [-0.39, 0.29) is 17.3 Å². The summed E-state index contributed by atoms with van der Waals surface area (Å²) in [7, 11) is 0. The molecule has 1 fully saturated rings. The fraction of sp³-hybridized carbons (Fsp3) is 0.263. The first-order chi connectivity index (χ1) is 12.2. The molecule has 6 heteroatoms. The van der Waals surface area contributed by atoms with Crippen LogP contribution in [0.3, 0.4) is 0 Å². The minimum absolute atomic E-state index is 0.136. The summed E-state index contributed by atoms with van der Waals surface area (Å²) in [5, 5.41) is 10.3. The lowest BCUT2D eigenvalue weighted by Crippen LogP contribution is -2.35. The molecule has 25 heavy (non-hydrogen) atoms. The second kappa shape index (κ2) is 6.66. The summed E-state index contributed by atoms with van der Waals surface area (Å²) in [6, 6.07) is 8.63. The van der Waals surface area contributed by atoms with Gasteiger partial charge in [0.05, 0.1) is 30.0 Å². The zero-order chi connectivity index (χ0) is 17.2. The van der Waals surface area contributed by atoms with Crippen molar-refractivity contribution in [1.29, 1.82) is 0 Å². The van der Waals surface area contributed by atoms with Gasteiger partial charge in [0.2, 0.25) is 5.78 Å². The van der Waals surface area contributed by atoms with Crippen molar-refractivity contribution in [2.75, 3.05) is 26.3 Å². The second-order valence-electron chi connectivity index (χ2n) is 6.02. The van der Waals surface area contributed by atoms with Gasteiger partial charge in [-0.2, -0.15) is 0 Å². The minimum atomic E-state index is -0.191. The second-order valence-corrected chi connectivity index (χ2v) is 6.02. The van der Waals surface area contributed by atoms with E-state index in [0.717, 1.165) is 13.1 Å². The Labute approximate surface area is 145 Å². The number of rotatable bonds is 3. The standard InChI is InChI=1S/C19H18N2O4/c22-16-5-4-14-18(23)17(11-13-3-1-2-6-20-13)25-19(14)15(16)12-21-7-9-24-10-8-21/h1-6,11,22H,7-10,12H2. The van der Waals surface area contributed by atoms with Gasteiger partial charge in [-0.3, -0.25) is 14.7 Å². The molecule has 0 atom stereocenters. The summed E-state index contributed by atoms with van der Waals surface area (Å²) in [6.07, 6.45) is 3.28. The lowest BCUT2D eigenvalue weighted by molar-refractivity contribution is 0.0336. The van der Waals surface area contributed by atoms with Crippen LogP contribution in [0.5, 0.6) is 11.5 Å². The number of hydrogen-bond donors (Lipinski definition) is 1. The molecule has 0 radical (unpaired) electrons. The predicted octanol–water partition coefficient (Wildman–Crippen LogP) is 2.24. The highest BCUT2D eigenvalue weighted by molar-refractivity contribution is 6.14. The number of Topliss-reactive ketones (excluding diaryl/α,β-unsaturated/α-hetero) is 1. The van der Waals surface area contributed by atoms with Crippen molar-refractivity contribution in [1.82, 2.24) is 9.88 Å². The lowest BCUT2D eigenvalue weighted by Gasteiger charge is -2.27. The minimum Gasteiger partial charge on any atom is -0.507 e. The topological polar surface area (TPSA) is 71.9 Å². The molecule has 0 saturated carbocycles. The van der Waals surface area contributed by atoms with Crippen LogP contribution in [0, 0.1) is 0 Å². The van der Waals surface area contributed by atoms with E-state index in [1.54, 1.807) is 30.5 Å². The number of nitrogens with zero attached hydrogens (tertiary/aromatic N) is 2. The molecule has 2 aliphatic heterocycles. The van der Waals surface area contributed by atoms with Crippen LogP contribution < -0.4 is 4.74 Å². The normalized spacial score (nSPS) is 19.0. The molecule has 2 aliphatic rings. The molecule has 0 unspecified atom stereocenters. The van der Waals surface area contributed by atoms with E-state index >= 15 is 0 Å². The number of phenolic OH excluding ortho intramolecular Hbond substituents is 1. The number of ether oxygens (including phenoxy) is 2. The van der Waals surface area contributed by atoms with Crippen LogP contribution in [-0.4, -0.2) is 47.1 Å². The maximum Gasteiger partial charge on any atom is 0.232 e. The maximum atomic E-state index is 12.6. The summed E-state index contributed by atoms with van der Waals surface area (Å²) in [4.78, 5) is 19.0. The van der Waals surface area contributed by atoms with Gasteiger partial charge in [-0.15, -0.1) is 0 Å². The molecular formula is C19H18N2O4. The molecule has 2 aromatic rings. The van der Waals surface area contributed by atoms with Crippen molar-refractivity contribution < 1.29 is 19.4 Å². The highest BCUT2D eigenvalue weighted by atomic mass is 16.5. The average molecular weight is 338 g/mol. The van der Waals surface area contributed by atoms with Gasteiger partial charge in [0.15, 0.2) is 5.76 Å². The van der Waals surface area contributed by atoms with Gasteiger partial charge in [0, 0.05) is 31.9 Å². The van der Waals surface area contributed by atoms with Crippen LogP contribution in [-0.2, 0) is 11.3 Å². The number of carbonyl (C=O) groups excluding carboxylic acids is 1. The van der Waals surface area contributed by atoms with Crippen molar-refractivity contribution >= 4 is 11.9 Å². The van der Waals surface area contributed by atoms with Crippen molar-refractivity contribution in [3.8, 4) is 11.5 Å². The van der Waals surface area contributed by atoms with Gasteiger partial charge >= 0.3 is 0 Å². The molecule has 3 heterocycles. The summed E-state index contributed by atoms with van der Waals surface area (Å²) in [6.45, 7) is 3.42. The Balaban J connectivity index is 1.66. The molecule has 0 bridgehead atoms. The van der Waals surface area contributed by atoms with Crippen molar-refractivity contribution in [2.24, 2.45) is 0 Å². The molecule has 0 spiro atoms. The third-order valence-corrected chi connectivity index (χ3v) is 4.37. The molecule has 6 nitrogen and oxygen atoms in total. The zero-order valence-corrected chi connectivity index (χ0v) is 13.6. The number of ketones is 1. The number of aromatic hydroxyl groups is 1. The maximum absolute atomic E-state index is 12.6. The number of phenols is 1. The Bertz CT molecular complexity index is 827. The van der Waals surface area contributed by atoms with E-state index in [2.05, 4.69) is 9.88 Å². The Kier molecular flexibility index (Phi) is 4.21. The number of aromatic nitrogens is 1. The summed E-state index contributed by atoms with van der Waals surface area (Å²) in [5.41, 5.74) is 1.76. The van der Waals surface area contributed by atoms with Crippen LogP contribution in [0.2, 0.25) is 0 Å². The number of allylic oxidation sites excluding steroid dienone is 1. The molecular weight excluding hydrogens is 320 g/mol. The van der Waals surface area contributed by atoms with Gasteiger partial charge < -0.3 is 14.6 Å². The Morgan fingerprint density at radius 3 is 2.80 bits per heavy atom. The summed E-state index contributed by atoms with van der Waals surface area (Å²) in [5.74, 6) is 0.613. The summed E-state index contributed by atoms with van der Waals surface area (Å²) >= 11 is 0. The quantitative estimate of drug-likeness (QED) is 0.866. The van der Waals surface area contributed by atoms with E-state index in [0.29, 0.717) is 42.3 Å². The number of benzene rings is 1. The fourth-order valence-electron chi connectivity index (χ4n) is 3.03. The SMILES string of the molecule is O=C1C(=Cc2ccccn2)Oc2c1ccc(O)c2CN1CCOCC1. The van der Waals surface area contributed by atoms with Crippen molar-refractivity contribution in [3.05, 3.63) is 59.1 Å². The molecule has 1 aromatic heterocycles. The largest absolute Gasteiger partial charge is 0.507 e.